The minimum Gasteiger partial charge on any atom is -0.481 e. The second-order valence-electron chi connectivity index (χ2n) is 3.58. The Balaban J connectivity index is 2.63. The number of rotatable bonds is 2. The molecule has 0 spiro atoms. The van der Waals surface area contributed by atoms with E-state index in [-0.39, 0.29) is 12.0 Å². The number of aryl methyl sites for hydroxylation is 1. The smallest absolute Gasteiger partial charge is 0.308 e. The molecule has 2 aromatic rings. The van der Waals surface area contributed by atoms with Gasteiger partial charge in [0, 0.05) is 16.6 Å². The first-order valence-corrected chi connectivity index (χ1v) is 4.77. The van der Waals surface area contributed by atoms with Crippen LogP contribution in [0, 0.1) is 6.92 Å². The van der Waals surface area contributed by atoms with Crippen LogP contribution in [0.5, 0.6) is 0 Å². The summed E-state index contributed by atoms with van der Waals surface area (Å²) in [5.41, 5.74) is 1.13. The molecule has 0 aliphatic rings. The van der Waals surface area contributed by atoms with Crippen LogP contribution in [0.2, 0.25) is 0 Å². The van der Waals surface area contributed by atoms with Crippen molar-refractivity contribution >= 4 is 17.0 Å². The molecule has 0 atom stereocenters. The minimum absolute atomic E-state index is 0.241. The molecular formula is C11H10N2O3. The summed E-state index contributed by atoms with van der Waals surface area (Å²) in [5.74, 6) is -1.02. The fraction of sp³-hybridized carbons (Fsp3) is 0.182. The van der Waals surface area contributed by atoms with Crippen LogP contribution in [-0.2, 0) is 11.2 Å². The average Bonchev–Trinajstić information content (AvgIpc) is 2.19. The van der Waals surface area contributed by atoms with Gasteiger partial charge in [-0.3, -0.25) is 9.59 Å². The molecule has 16 heavy (non-hydrogen) atoms. The van der Waals surface area contributed by atoms with E-state index in [1.165, 1.54) is 0 Å². The third-order valence-corrected chi connectivity index (χ3v) is 2.26. The third kappa shape index (κ3) is 1.93. The van der Waals surface area contributed by atoms with Gasteiger partial charge in [0.1, 0.15) is 5.65 Å². The van der Waals surface area contributed by atoms with Crippen molar-refractivity contribution in [1.82, 2.24) is 9.97 Å². The van der Waals surface area contributed by atoms with Gasteiger partial charge in [-0.15, -0.1) is 0 Å². The van der Waals surface area contributed by atoms with Crippen LogP contribution in [0.3, 0.4) is 0 Å². The number of fused-ring (bicyclic) bond motifs is 1. The molecule has 5 heteroatoms. The summed E-state index contributed by atoms with van der Waals surface area (Å²) in [6, 6.07) is 5.18. The fourth-order valence-electron chi connectivity index (χ4n) is 1.52. The zero-order valence-corrected chi connectivity index (χ0v) is 8.65. The third-order valence-electron chi connectivity index (χ3n) is 2.26. The minimum atomic E-state index is -1.02. The molecule has 0 aliphatic carbocycles. The van der Waals surface area contributed by atoms with Crippen LogP contribution in [-0.4, -0.2) is 21.0 Å². The SMILES string of the molecule is Cc1ccc2cc(CC(=O)O)c(=O)[nH]c2n1. The summed E-state index contributed by atoms with van der Waals surface area (Å²) in [6.45, 7) is 1.82. The van der Waals surface area contributed by atoms with Gasteiger partial charge in [0.25, 0.3) is 5.56 Å². The molecular weight excluding hydrogens is 208 g/mol. The number of carbonyl (C=O) groups is 1. The van der Waals surface area contributed by atoms with E-state index in [0.29, 0.717) is 5.65 Å². The van der Waals surface area contributed by atoms with Gasteiger partial charge >= 0.3 is 5.97 Å². The molecule has 0 unspecified atom stereocenters. The van der Waals surface area contributed by atoms with E-state index in [2.05, 4.69) is 9.97 Å². The van der Waals surface area contributed by atoms with E-state index >= 15 is 0 Å². The summed E-state index contributed by atoms with van der Waals surface area (Å²) in [5, 5.41) is 9.38. The van der Waals surface area contributed by atoms with Gasteiger partial charge in [0.2, 0.25) is 0 Å². The van der Waals surface area contributed by atoms with Crippen molar-refractivity contribution in [3.8, 4) is 0 Å². The molecule has 0 amide bonds. The first-order chi connectivity index (χ1) is 7.56. The maximum absolute atomic E-state index is 11.5. The predicted octanol–water partition coefficient (Wildman–Crippen LogP) is 0.859. The van der Waals surface area contributed by atoms with E-state index in [1.54, 1.807) is 12.1 Å². The number of aromatic nitrogens is 2. The normalized spacial score (nSPS) is 10.6. The summed E-state index contributed by atoms with van der Waals surface area (Å²) >= 11 is 0. The van der Waals surface area contributed by atoms with Crippen LogP contribution in [0.25, 0.3) is 11.0 Å². The highest BCUT2D eigenvalue weighted by atomic mass is 16.4. The van der Waals surface area contributed by atoms with Gasteiger partial charge in [-0.1, -0.05) is 0 Å². The number of hydrogen-bond acceptors (Lipinski definition) is 3. The number of nitrogens with one attached hydrogen (secondary N) is 1. The maximum Gasteiger partial charge on any atom is 0.308 e. The Labute approximate surface area is 90.8 Å². The van der Waals surface area contributed by atoms with Crippen LogP contribution >= 0.6 is 0 Å². The summed E-state index contributed by atoms with van der Waals surface area (Å²) in [6.07, 6.45) is -0.279. The van der Waals surface area contributed by atoms with E-state index < -0.39 is 11.5 Å². The number of H-pyrrole nitrogens is 1. The monoisotopic (exact) mass is 218 g/mol. The predicted molar refractivity (Wildman–Crippen MR) is 58.4 cm³/mol. The Bertz CT molecular complexity index is 616. The highest BCUT2D eigenvalue weighted by molar-refractivity contribution is 5.77. The van der Waals surface area contributed by atoms with Crippen molar-refractivity contribution in [2.24, 2.45) is 0 Å². The van der Waals surface area contributed by atoms with Gasteiger partial charge in [-0.05, 0) is 25.1 Å². The Morgan fingerprint density at radius 1 is 1.50 bits per heavy atom. The Morgan fingerprint density at radius 3 is 2.94 bits per heavy atom. The van der Waals surface area contributed by atoms with E-state index in [0.717, 1.165) is 11.1 Å². The molecule has 2 N–H and O–H groups in total. The first kappa shape index (κ1) is 10.4. The molecule has 0 radical (unpaired) electrons. The van der Waals surface area contributed by atoms with E-state index in [4.69, 9.17) is 5.11 Å². The van der Waals surface area contributed by atoms with Crippen molar-refractivity contribution < 1.29 is 9.90 Å². The van der Waals surface area contributed by atoms with Crippen LogP contribution in [0.15, 0.2) is 23.0 Å². The molecule has 2 aromatic heterocycles. The largest absolute Gasteiger partial charge is 0.481 e. The number of nitrogens with zero attached hydrogens (tertiary/aromatic N) is 1. The van der Waals surface area contributed by atoms with Crippen molar-refractivity contribution in [2.75, 3.05) is 0 Å². The topological polar surface area (TPSA) is 83.0 Å². The van der Waals surface area contributed by atoms with Gasteiger partial charge in [0.15, 0.2) is 0 Å². The zero-order valence-electron chi connectivity index (χ0n) is 8.65. The van der Waals surface area contributed by atoms with Crippen molar-refractivity contribution in [3.63, 3.8) is 0 Å². The lowest BCUT2D eigenvalue weighted by Crippen LogP contribution is -2.16. The summed E-state index contributed by atoms with van der Waals surface area (Å²) in [7, 11) is 0. The summed E-state index contributed by atoms with van der Waals surface area (Å²) < 4.78 is 0. The highest BCUT2D eigenvalue weighted by Gasteiger charge is 2.07. The molecule has 0 saturated carbocycles. The van der Waals surface area contributed by atoms with Gasteiger partial charge in [-0.25, -0.2) is 4.98 Å². The maximum atomic E-state index is 11.5. The van der Waals surface area contributed by atoms with Gasteiger partial charge < -0.3 is 10.1 Å². The van der Waals surface area contributed by atoms with Crippen molar-refractivity contribution in [1.29, 1.82) is 0 Å². The van der Waals surface area contributed by atoms with Gasteiger partial charge in [0.05, 0.1) is 6.42 Å². The lowest BCUT2D eigenvalue weighted by Gasteiger charge is -2.01. The number of carboxylic acids is 1. The molecule has 0 aromatic carbocycles. The standard InChI is InChI=1S/C11H10N2O3/c1-6-2-3-7-4-8(5-9(14)15)11(16)13-10(7)12-6/h2-4H,5H2,1H3,(H,14,15)(H,12,13,16). The van der Waals surface area contributed by atoms with Crippen LogP contribution in [0.4, 0.5) is 0 Å². The van der Waals surface area contributed by atoms with Crippen LogP contribution < -0.4 is 5.56 Å². The lowest BCUT2D eigenvalue weighted by atomic mass is 10.1. The van der Waals surface area contributed by atoms with Crippen molar-refractivity contribution in [3.05, 3.63) is 39.8 Å². The van der Waals surface area contributed by atoms with E-state index in [9.17, 15) is 9.59 Å². The molecule has 2 heterocycles. The molecule has 0 bridgehead atoms. The quantitative estimate of drug-likeness (QED) is 0.783. The Kier molecular flexibility index (Phi) is 2.44. The lowest BCUT2D eigenvalue weighted by molar-refractivity contribution is -0.136. The molecule has 0 fully saturated rings. The molecule has 0 saturated heterocycles. The summed E-state index contributed by atoms with van der Waals surface area (Å²) in [4.78, 5) is 28.8. The number of pyridine rings is 2. The number of hydrogen-bond donors (Lipinski definition) is 2. The Hall–Kier alpha value is -2.17. The van der Waals surface area contributed by atoms with Gasteiger partial charge in [-0.2, -0.15) is 0 Å². The highest BCUT2D eigenvalue weighted by Crippen LogP contribution is 2.09. The van der Waals surface area contributed by atoms with Crippen molar-refractivity contribution in [2.45, 2.75) is 13.3 Å². The average molecular weight is 218 g/mol. The molecule has 5 nitrogen and oxygen atoms in total. The first-order valence-electron chi connectivity index (χ1n) is 4.77. The molecule has 2 rings (SSSR count). The number of aromatic amines is 1. The number of aliphatic carboxylic acids is 1. The van der Waals surface area contributed by atoms with Crippen LogP contribution in [0.1, 0.15) is 11.3 Å². The number of carboxylic acid groups (broad SMARTS) is 1. The Morgan fingerprint density at radius 2 is 2.25 bits per heavy atom. The second-order valence-corrected chi connectivity index (χ2v) is 3.58. The zero-order chi connectivity index (χ0) is 11.7. The fourth-order valence-corrected chi connectivity index (χ4v) is 1.52. The molecule has 0 aliphatic heterocycles. The van der Waals surface area contributed by atoms with E-state index in [1.807, 2.05) is 13.0 Å². The second kappa shape index (κ2) is 3.77. The molecule has 82 valence electrons.